The minimum atomic E-state index is -0.199. The predicted molar refractivity (Wildman–Crippen MR) is 54.7 cm³/mol. The Labute approximate surface area is 85.1 Å². The van der Waals surface area contributed by atoms with E-state index in [0.29, 0.717) is 23.1 Å². The summed E-state index contributed by atoms with van der Waals surface area (Å²) in [6, 6.07) is 0. The highest BCUT2D eigenvalue weighted by molar-refractivity contribution is 5.45. The molecule has 0 saturated heterocycles. The molecule has 3 N–H and O–H groups in total. The maximum atomic E-state index is 11.4. The van der Waals surface area contributed by atoms with Gasteiger partial charge in [-0.25, -0.2) is 0 Å². The molecule has 1 aliphatic carbocycles. The van der Waals surface area contributed by atoms with Crippen LogP contribution in [0.2, 0.25) is 0 Å². The fraction of sp³-hybridized carbons (Fsp3) is 0.444. The highest BCUT2D eigenvalue weighted by Crippen LogP contribution is 2.38. The van der Waals surface area contributed by atoms with Crippen LogP contribution >= 0.6 is 0 Å². The number of H-pyrrole nitrogens is 1. The van der Waals surface area contributed by atoms with Gasteiger partial charge >= 0.3 is 0 Å². The van der Waals surface area contributed by atoms with Gasteiger partial charge in [-0.1, -0.05) is 0 Å². The topological polar surface area (TPSA) is 89.1 Å². The van der Waals surface area contributed by atoms with Crippen molar-refractivity contribution < 1.29 is 0 Å². The highest BCUT2D eigenvalue weighted by Gasteiger charge is 2.28. The summed E-state index contributed by atoms with van der Waals surface area (Å²) in [5.74, 6) is 2.04. The summed E-state index contributed by atoms with van der Waals surface area (Å²) >= 11 is 0. The van der Waals surface area contributed by atoms with E-state index >= 15 is 0 Å². The average Bonchev–Trinajstić information content (AvgIpc) is 2.97. The largest absolute Gasteiger partial charge is 0.383 e. The molecule has 0 aromatic carbocycles. The molecule has 15 heavy (non-hydrogen) atoms. The number of aromatic amines is 1. The molecule has 0 aliphatic heterocycles. The lowest BCUT2D eigenvalue weighted by atomic mass is 10.3. The van der Waals surface area contributed by atoms with Gasteiger partial charge in [0, 0.05) is 5.92 Å². The Balaban J connectivity index is 2.34. The second kappa shape index (κ2) is 2.59. The quantitative estimate of drug-likeness (QED) is 0.695. The third kappa shape index (κ3) is 1.14. The Hall–Kier alpha value is -1.85. The van der Waals surface area contributed by atoms with Crippen molar-refractivity contribution in [1.82, 2.24) is 19.6 Å². The Morgan fingerprint density at radius 3 is 2.93 bits per heavy atom. The first-order valence-electron chi connectivity index (χ1n) is 4.92. The molecule has 0 spiro atoms. The van der Waals surface area contributed by atoms with Gasteiger partial charge in [0.2, 0.25) is 5.78 Å². The molecule has 0 amide bonds. The number of nitrogens with one attached hydrogen (secondary N) is 1. The molecule has 1 saturated carbocycles. The standard InChI is InChI=1S/C9H11N5O/c1-4-6(10)14-9(12-8(4)15)11-7(13-14)5-2-3-5/h5H,2-3,10H2,1H3,(H,11,12,13,15). The molecule has 0 atom stereocenters. The molecule has 3 rings (SSSR count). The number of nitrogen functional groups attached to an aromatic ring is 1. The van der Waals surface area contributed by atoms with E-state index in [4.69, 9.17) is 5.73 Å². The Kier molecular flexibility index (Phi) is 1.46. The van der Waals surface area contributed by atoms with Crippen molar-refractivity contribution in [3.05, 3.63) is 21.7 Å². The minimum Gasteiger partial charge on any atom is -0.383 e. The first-order valence-corrected chi connectivity index (χ1v) is 4.92. The van der Waals surface area contributed by atoms with E-state index in [-0.39, 0.29) is 5.56 Å². The van der Waals surface area contributed by atoms with Gasteiger partial charge in [-0.15, -0.1) is 5.10 Å². The number of anilines is 1. The van der Waals surface area contributed by atoms with Gasteiger partial charge in [0.15, 0.2) is 5.82 Å². The van der Waals surface area contributed by atoms with E-state index in [0.717, 1.165) is 18.7 Å². The van der Waals surface area contributed by atoms with Crippen molar-refractivity contribution in [2.75, 3.05) is 5.73 Å². The molecule has 0 radical (unpaired) electrons. The third-order valence-electron chi connectivity index (χ3n) is 2.74. The van der Waals surface area contributed by atoms with Crippen LogP contribution in [0.15, 0.2) is 4.79 Å². The summed E-state index contributed by atoms with van der Waals surface area (Å²) in [5.41, 5.74) is 6.08. The monoisotopic (exact) mass is 205 g/mol. The van der Waals surface area contributed by atoms with Gasteiger partial charge in [-0.05, 0) is 19.8 Å². The zero-order valence-corrected chi connectivity index (χ0v) is 8.32. The minimum absolute atomic E-state index is 0.199. The molecular formula is C9H11N5O. The van der Waals surface area contributed by atoms with Crippen LogP contribution in [0, 0.1) is 6.92 Å². The van der Waals surface area contributed by atoms with Crippen LogP contribution in [0.1, 0.15) is 30.1 Å². The maximum absolute atomic E-state index is 11.4. The van der Waals surface area contributed by atoms with Crippen LogP contribution in [0.25, 0.3) is 5.78 Å². The molecule has 78 valence electrons. The second-order valence-electron chi connectivity index (χ2n) is 3.94. The van der Waals surface area contributed by atoms with E-state index < -0.39 is 0 Å². The van der Waals surface area contributed by atoms with Crippen LogP contribution in [0.4, 0.5) is 5.82 Å². The van der Waals surface area contributed by atoms with Crippen LogP contribution in [-0.2, 0) is 0 Å². The van der Waals surface area contributed by atoms with E-state index in [9.17, 15) is 4.79 Å². The van der Waals surface area contributed by atoms with E-state index in [1.54, 1.807) is 6.92 Å². The van der Waals surface area contributed by atoms with Crippen molar-refractivity contribution in [2.45, 2.75) is 25.7 Å². The molecule has 0 bridgehead atoms. The molecule has 6 heteroatoms. The third-order valence-corrected chi connectivity index (χ3v) is 2.74. The van der Waals surface area contributed by atoms with Gasteiger partial charge < -0.3 is 5.73 Å². The van der Waals surface area contributed by atoms with E-state index in [2.05, 4.69) is 15.1 Å². The Morgan fingerprint density at radius 2 is 2.27 bits per heavy atom. The van der Waals surface area contributed by atoms with Gasteiger partial charge in [-0.2, -0.15) is 9.50 Å². The van der Waals surface area contributed by atoms with Crippen LogP contribution < -0.4 is 11.3 Å². The molecule has 2 heterocycles. The summed E-state index contributed by atoms with van der Waals surface area (Å²) in [6.07, 6.45) is 2.25. The van der Waals surface area contributed by atoms with Gasteiger partial charge in [0.25, 0.3) is 5.56 Å². The lowest BCUT2D eigenvalue weighted by Gasteiger charge is -1.99. The van der Waals surface area contributed by atoms with Crippen molar-refractivity contribution in [3.8, 4) is 0 Å². The SMILES string of the molecule is Cc1c(N)n2nc(C3CC3)nc2[nH]c1=O. The van der Waals surface area contributed by atoms with Crippen molar-refractivity contribution >= 4 is 11.6 Å². The van der Waals surface area contributed by atoms with E-state index in [1.807, 2.05) is 0 Å². The summed E-state index contributed by atoms with van der Waals surface area (Å²) in [6.45, 7) is 1.67. The summed E-state index contributed by atoms with van der Waals surface area (Å²) in [7, 11) is 0. The molecule has 2 aromatic rings. The number of nitrogens with zero attached hydrogens (tertiary/aromatic N) is 3. The first-order chi connectivity index (χ1) is 7.16. The summed E-state index contributed by atoms with van der Waals surface area (Å²) in [5, 5.41) is 4.29. The number of hydrogen-bond donors (Lipinski definition) is 2. The lowest BCUT2D eigenvalue weighted by molar-refractivity contribution is 0.873. The molecular weight excluding hydrogens is 194 g/mol. The number of nitrogens with two attached hydrogens (primary N) is 1. The summed E-state index contributed by atoms with van der Waals surface area (Å²) < 4.78 is 1.50. The number of rotatable bonds is 1. The van der Waals surface area contributed by atoms with Crippen molar-refractivity contribution in [1.29, 1.82) is 0 Å². The summed E-state index contributed by atoms with van der Waals surface area (Å²) in [4.78, 5) is 18.3. The Morgan fingerprint density at radius 1 is 1.53 bits per heavy atom. The molecule has 1 fully saturated rings. The number of aromatic nitrogens is 4. The maximum Gasteiger partial charge on any atom is 0.257 e. The van der Waals surface area contributed by atoms with Gasteiger partial charge in [-0.3, -0.25) is 9.78 Å². The second-order valence-corrected chi connectivity index (χ2v) is 3.94. The fourth-order valence-electron chi connectivity index (χ4n) is 1.56. The average molecular weight is 205 g/mol. The van der Waals surface area contributed by atoms with Gasteiger partial charge in [0.1, 0.15) is 5.82 Å². The predicted octanol–water partition coefficient (Wildman–Crippen LogP) is 0.186. The Bertz CT molecular complexity index is 592. The molecule has 0 unspecified atom stereocenters. The van der Waals surface area contributed by atoms with Crippen LogP contribution in [-0.4, -0.2) is 19.6 Å². The van der Waals surface area contributed by atoms with Crippen molar-refractivity contribution in [2.24, 2.45) is 0 Å². The number of hydrogen-bond acceptors (Lipinski definition) is 4. The molecule has 2 aromatic heterocycles. The van der Waals surface area contributed by atoms with Crippen LogP contribution in [0.5, 0.6) is 0 Å². The lowest BCUT2D eigenvalue weighted by Crippen LogP contribution is -2.16. The number of fused-ring (bicyclic) bond motifs is 1. The smallest absolute Gasteiger partial charge is 0.257 e. The molecule has 1 aliphatic rings. The molecule has 6 nitrogen and oxygen atoms in total. The van der Waals surface area contributed by atoms with E-state index in [1.165, 1.54) is 4.52 Å². The first kappa shape index (κ1) is 8.46. The highest BCUT2D eigenvalue weighted by atomic mass is 16.1. The zero-order valence-electron chi connectivity index (χ0n) is 8.32. The normalized spacial score (nSPS) is 16.1. The zero-order chi connectivity index (χ0) is 10.6. The fourth-order valence-corrected chi connectivity index (χ4v) is 1.56. The van der Waals surface area contributed by atoms with Crippen LogP contribution in [0.3, 0.4) is 0 Å². The van der Waals surface area contributed by atoms with Gasteiger partial charge in [0.05, 0.1) is 5.56 Å². The van der Waals surface area contributed by atoms with Crippen molar-refractivity contribution in [3.63, 3.8) is 0 Å².